The van der Waals surface area contributed by atoms with Crippen molar-refractivity contribution in [2.45, 2.75) is 32.2 Å². The second kappa shape index (κ2) is 3.18. The summed E-state index contributed by atoms with van der Waals surface area (Å²) in [6.45, 7) is 2.34. The summed E-state index contributed by atoms with van der Waals surface area (Å²) in [5, 5.41) is 3.38. The fourth-order valence-corrected chi connectivity index (χ4v) is 1.87. The Morgan fingerprint density at radius 3 is 2.85 bits per heavy atom. The van der Waals surface area contributed by atoms with Crippen molar-refractivity contribution in [1.29, 1.82) is 0 Å². The van der Waals surface area contributed by atoms with Crippen molar-refractivity contribution in [3.8, 4) is 0 Å². The van der Waals surface area contributed by atoms with E-state index in [0.717, 1.165) is 12.2 Å². The lowest BCUT2D eigenvalue weighted by Crippen LogP contribution is -2.35. The second-order valence-electron chi connectivity index (χ2n) is 4.28. The van der Waals surface area contributed by atoms with Crippen molar-refractivity contribution in [1.82, 2.24) is 5.32 Å². The van der Waals surface area contributed by atoms with Crippen LogP contribution in [0.4, 0.5) is 0 Å². The predicted molar refractivity (Wildman–Crippen MR) is 52.6 cm³/mol. The fraction of sp³-hybridized carbons (Fsp3) is 0.636. The molecule has 1 aliphatic carbocycles. The lowest BCUT2D eigenvalue weighted by atomic mass is 9.95. The summed E-state index contributed by atoms with van der Waals surface area (Å²) in [7, 11) is 2.04. The van der Waals surface area contributed by atoms with Gasteiger partial charge in [0.2, 0.25) is 0 Å². The standard InChI is InChI=1S/C11H17NO/c1-11(5-6-11)10(12-2)8-9-4-3-7-13-9/h3-4,7,10,12H,5-6,8H2,1-2H3. The zero-order valence-corrected chi connectivity index (χ0v) is 8.34. The first-order chi connectivity index (χ1) is 6.24. The van der Waals surface area contributed by atoms with Crippen molar-refractivity contribution in [2.24, 2.45) is 5.41 Å². The maximum atomic E-state index is 5.35. The van der Waals surface area contributed by atoms with Crippen LogP contribution in [0, 0.1) is 5.41 Å². The molecule has 1 heterocycles. The molecule has 72 valence electrons. The molecule has 0 radical (unpaired) electrons. The van der Waals surface area contributed by atoms with Gasteiger partial charge in [-0.2, -0.15) is 0 Å². The third-order valence-corrected chi connectivity index (χ3v) is 3.21. The van der Waals surface area contributed by atoms with E-state index in [1.54, 1.807) is 6.26 Å². The van der Waals surface area contributed by atoms with Gasteiger partial charge in [-0.15, -0.1) is 0 Å². The first-order valence-corrected chi connectivity index (χ1v) is 4.94. The van der Waals surface area contributed by atoms with Gasteiger partial charge >= 0.3 is 0 Å². The molecule has 2 nitrogen and oxygen atoms in total. The predicted octanol–water partition coefficient (Wildman–Crippen LogP) is 2.21. The number of likely N-dealkylation sites (N-methyl/N-ethyl adjacent to an activating group) is 1. The summed E-state index contributed by atoms with van der Waals surface area (Å²) in [5.41, 5.74) is 0.515. The topological polar surface area (TPSA) is 25.2 Å². The molecular weight excluding hydrogens is 162 g/mol. The molecule has 0 amide bonds. The van der Waals surface area contributed by atoms with Crippen molar-refractivity contribution in [2.75, 3.05) is 7.05 Å². The van der Waals surface area contributed by atoms with Crippen molar-refractivity contribution in [3.63, 3.8) is 0 Å². The third-order valence-electron chi connectivity index (χ3n) is 3.21. The molecule has 0 saturated heterocycles. The second-order valence-corrected chi connectivity index (χ2v) is 4.28. The molecule has 1 aromatic rings. The molecule has 1 saturated carbocycles. The molecule has 1 atom stereocenters. The van der Waals surface area contributed by atoms with E-state index < -0.39 is 0 Å². The van der Waals surface area contributed by atoms with Gasteiger partial charge in [0.25, 0.3) is 0 Å². The van der Waals surface area contributed by atoms with Gasteiger partial charge in [-0.1, -0.05) is 6.92 Å². The fourth-order valence-electron chi connectivity index (χ4n) is 1.87. The maximum Gasteiger partial charge on any atom is 0.105 e. The number of furan rings is 1. The van der Waals surface area contributed by atoms with Gasteiger partial charge < -0.3 is 9.73 Å². The van der Waals surface area contributed by atoms with E-state index in [2.05, 4.69) is 18.3 Å². The van der Waals surface area contributed by atoms with Gasteiger partial charge in [-0.3, -0.25) is 0 Å². The van der Waals surface area contributed by atoms with E-state index in [1.807, 2.05) is 13.1 Å². The summed E-state index contributed by atoms with van der Waals surface area (Å²) >= 11 is 0. The van der Waals surface area contributed by atoms with Crippen LogP contribution in [-0.4, -0.2) is 13.1 Å². The lowest BCUT2D eigenvalue weighted by Gasteiger charge is -2.21. The number of hydrogen-bond donors (Lipinski definition) is 1. The van der Waals surface area contributed by atoms with Crippen LogP contribution in [0.5, 0.6) is 0 Å². The van der Waals surface area contributed by atoms with Gasteiger partial charge in [0, 0.05) is 12.5 Å². The highest BCUT2D eigenvalue weighted by molar-refractivity contribution is 5.06. The molecule has 0 aliphatic heterocycles. The Morgan fingerprint density at radius 2 is 2.38 bits per heavy atom. The molecule has 1 aromatic heterocycles. The minimum Gasteiger partial charge on any atom is -0.469 e. The van der Waals surface area contributed by atoms with Crippen molar-refractivity contribution < 1.29 is 4.42 Å². The molecular formula is C11H17NO. The summed E-state index contributed by atoms with van der Waals surface area (Å²) in [6, 6.07) is 4.58. The Labute approximate surface area is 79.3 Å². The van der Waals surface area contributed by atoms with Gasteiger partial charge in [-0.05, 0) is 37.4 Å². The Kier molecular flexibility index (Phi) is 2.16. The molecule has 2 rings (SSSR count). The first-order valence-electron chi connectivity index (χ1n) is 4.94. The van der Waals surface area contributed by atoms with Gasteiger partial charge in [0.05, 0.1) is 6.26 Å². The zero-order chi connectivity index (χ0) is 9.31. The van der Waals surface area contributed by atoms with Gasteiger partial charge in [0.15, 0.2) is 0 Å². The minimum atomic E-state index is 0.515. The van der Waals surface area contributed by atoms with Crippen LogP contribution in [-0.2, 0) is 6.42 Å². The average Bonchev–Trinajstić information content (AvgIpc) is 2.70. The molecule has 1 fully saturated rings. The average molecular weight is 179 g/mol. The molecule has 2 heteroatoms. The van der Waals surface area contributed by atoms with Gasteiger partial charge in [-0.25, -0.2) is 0 Å². The highest BCUT2D eigenvalue weighted by atomic mass is 16.3. The summed E-state index contributed by atoms with van der Waals surface area (Å²) in [6.07, 6.45) is 5.45. The van der Waals surface area contributed by atoms with E-state index in [-0.39, 0.29) is 0 Å². The number of rotatable bonds is 4. The van der Waals surface area contributed by atoms with Crippen LogP contribution in [0.2, 0.25) is 0 Å². The van der Waals surface area contributed by atoms with Crippen LogP contribution >= 0.6 is 0 Å². The summed E-state index contributed by atoms with van der Waals surface area (Å²) < 4.78 is 5.35. The minimum absolute atomic E-state index is 0.515. The molecule has 1 N–H and O–H groups in total. The van der Waals surface area contributed by atoms with Crippen LogP contribution in [0.25, 0.3) is 0 Å². The van der Waals surface area contributed by atoms with Crippen LogP contribution in [0.15, 0.2) is 22.8 Å². The Morgan fingerprint density at radius 1 is 1.62 bits per heavy atom. The lowest BCUT2D eigenvalue weighted by molar-refractivity contribution is 0.350. The molecule has 1 aliphatic rings. The normalized spacial score (nSPS) is 21.4. The monoisotopic (exact) mass is 179 g/mol. The van der Waals surface area contributed by atoms with E-state index in [4.69, 9.17) is 4.42 Å². The quantitative estimate of drug-likeness (QED) is 0.766. The van der Waals surface area contributed by atoms with Gasteiger partial charge in [0.1, 0.15) is 5.76 Å². The number of hydrogen-bond acceptors (Lipinski definition) is 2. The van der Waals surface area contributed by atoms with Crippen molar-refractivity contribution in [3.05, 3.63) is 24.2 Å². The maximum absolute atomic E-state index is 5.35. The summed E-state index contributed by atoms with van der Waals surface area (Å²) in [5.74, 6) is 1.09. The van der Waals surface area contributed by atoms with Crippen molar-refractivity contribution >= 4 is 0 Å². The van der Waals surface area contributed by atoms with Crippen LogP contribution in [0.1, 0.15) is 25.5 Å². The van der Waals surface area contributed by atoms with E-state index in [1.165, 1.54) is 12.8 Å². The number of nitrogens with one attached hydrogen (secondary N) is 1. The first kappa shape index (κ1) is 8.82. The highest BCUT2D eigenvalue weighted by Gasteiger charge is 2.44. The molecule has 0 bridgehead atoms. The van der Waals surface area contributed by atoms with Crippen LogP contribution in [0.3, 0.4) is 0 Å². The molecule has 0 spiro atoms. The van der Waals surface area contributed by atoms with Crippen LogP contribution < -0.4 is 5.32 Å². The van der Waals surface area contributed by atoms with E-state index in [0.29, 0.717) is 11.5 Å². The third kappa shape index (κ3) is 1.78. The summed E-state index contributed by atoms with van der Waals surface area (Å²) in [4.78, 5) is 0. The zero-order valence-electron chi connectivity index (χ0n) is 8.34. The molecule has 0 aromatic carbocycles. The molecule has 13 heavy (non-hydrogen) atoms. The Bertz CT molecular complexity index is 262. The SMILES string of the molecule is CNC(Cc1ccco1)C1(C)CC1. The highest BCUT2D eigenvalue weighted by Crippen LogP contribution is 2.48. The molecule has 1 unspecified atom stereocenters. The Hall–Kier alpha value is -0.760. The van der Waals surface area contributed by atoms with E-state index in [9.17, 15) is 0 Å². The largest absolute Gasteiger partial charge is 0.469 e. The van der Waals surface area contributed by atoms with E-state index >= 15 is 0 Å². The smallest absolute Gasteiger partial charge is 0.105 e. The Balaban J connectivity index is 1.99.